The van der Waals surface area contributed by atoms with Crippen molar-refractivity contribution in [1.29, 1.82) is 0 Å². The van der Waals surface area contributed by atoms with Gasteiger partial charge in [0.25, 0.3) is 0 Å². The van der Waals surface area contributed by atoms with Gasteiger partial charge in [0.05, 0.1) is 3.79 Å². The lowest BCUT2D eigenvalue weighted by atomic mass is 9.85. The molecule has 2 rings (SSSR count). The molecule has 1 saturated carbocycles. The maximum absolute atomic E-state index is 3.67. The first kappa shape index (κ1) is 16.5. The third kappa shape index (κ3) is 4.83. The van der Waals surface area contributed by atoms with E-state index in [1.54, 1.807) is 11.3 Å². The highest BCUT2D eigenvalue weighted by Gasteiger charge is 2.34. The van der Waals surface area contributed by atoms with E-state index in [1.165, 1.54) is 48.1 Å². The average molecular weight is 359 g/mol. The molecule has 20 heavy (non-hydrogen) atoms. The van der Waals surface area contributed by atoms with Gasteiger partial charge in [0.1, 0.15) is 0 Å². The van der Waals surface area contributed by atoms with E-state index in [2.05, 4.69) is 58.5 Å². The Hall–Kier alpha value is 0.100. The minimum absolute atomic E-state index is 0.492. The van der Waals surface area contributed by atoms with Crippen molar-refractivity contribution in [2.45, 2.75) is 52.1 Å². The van der Waals surface area contributed by atoms with E-state index in [0.717, 1.165) is 6.54 Å². The molecule has 1 aromatic heterocycles. The molecule has 0 unspecified atom stereocenters. The molecule has 1 aromatic rings. The highest BCUT2D eigenvalue weighted by atomic mass is 79.9. The van der Waals surface area contributed by atoms with Crippen LogP contribution in [0.5, 0.6) is 0 Å². The number of rotatable bonds is 7. The molecule has 1 aliphatic carbocycles. The molecule has 1 aliphatic rings. The largest absolute Gasteiger partial charge is 0.314 e. The van der Waals surface area contributed by atoms with Gasteiger partial charge in [0.15, 0.2) is 0 Å². The Morgan fingerprint density at radius 1 is 1.40 bits per heavy atom. The first-order valence-electron chi connectivity index (χ1n) is 7.64. The van der Waals surface area contributed by atoms with Crippen molar-refractivity contribution >= 4 is 27.3 Å². The summed E-state index contributed by atoms with van der Waals surface area (Å²) in [5.41, 5.74) is 1.92. The average Bonchev–Trinajstić information content (AvgIpc) is 2.97. The Kier molecular flexibility index (Phi) is 6.09. The predicted molar refractivity (Wildman–Crippen MR) is 92.4 cm³/mol. The van der Waals surface area contributed by atoms with Crippen LogP contribution < -0.4 is 5.32 Å². The van der Waals surface area contributed by atoms with Crippen molar-refractivity contribution in [2.24, 2.45) is 5.41 Å². The standard InChI is InChI=1S/C16H27BrN2S/c1-13(2)18-11-16(6-4-5-7-16)12-19(3)9-14-8-15(17)20-10-14/h8,10,13,18H,4-7,9,11-12H2,1-3H3. The third-order valence-corrected chi connectivity index (χ3v) is 5.78. The third-order valence-electron chi connectivity index (χ3n) is 4.23. The van der Waals surface area contributed by atoms with Crippen LogP contribution in [0.4, 0.5) is 0 Å². The van der Waals surface area contributed by atoms with Gasteiger partial charge in [-0.05, 0) is 58.2 Å². The van der Waals surface area contributed by atoms with Crippen LogP contribution in [0.1, 0.15) is 45.1 Å². The lowest BCUT2D eigenvalue weighted by Gasteiger charge is -2.34. The minimum atomic E-state index is 0.492. The van der Waals surface area contributed by atoms with Gasteiger partial charge in [0.2, 0.25) is 0 Å². The quantitative estimate of drug-likeness (QED) is 0.771. The number of hydrogen-bond acceptors (Lipinski definition) is 3. The molecule has 0 amide bonds. The van der Waals surface area contributed by atoms with Gasteiger partial charge >= 0.3 is 0 Å². The Balaban J connectivity index is 1.90. The molecule has 0 saturated heterocycles. The number of halogens is 1. The SMILES string of the molecule is CC(C)NCC1(CN(C)Cc2csc(Br)c2)CCCC1. The van der Waals surface area contributed by atoms with Crippen molar-refractivity contribution in [3.05, 3.63) is 20.8 Å². The zero-order chi connectivity index (χ0) is 14.6. The summed E-state index contributed by atoms with van der Waals surface area (Å²) in [5, 5.41) is 5.93. The van der Waals surface area contributed by atoms with Crippen LogP contribution in [-0.2, 0) is 6.54 Å². The van der Waals surface area contributed by atoms with E-state index in [1.807, 2.05) is 0 Å². The monoisotopic (exact) mass is 358 g/mol. The highest BCUT2D eigenvalue weighted by molar-refractivity contribution is 9.11. The Bertz CT molecular complexity index is 410. The maximum Gasteiger partial charge on any atom is 0.0701 e. The Morgan fingerprint density at radius 2 is 2.10 bits per heavy atom. The fourth-order valence-electron chi connectivity index (χ4n) is 3.31. The molecule has 1 fully saturated rings. The van der Waals surface area contributed by atoms with Crippen LogP contribution in [0, 0.1) is 5.41 Å². The lowest BCUT2D eigenvalue weighted by molar-refractivity contribution is 0.164. The normalized spacial score (nSPS) is 18.3. The van der Waals surface area contributed by atoms with Crippen LogP contribution in [-0.4, -0.2) is 31.1 Å². The Morgan fingerprint density at radius 3 is 2.65 bits per heavy atom. The molecule has 1 N–H and O–H groups in total. The van der Waals surface area contributed by atoms with Gasteiger partial charge < -0.3 is 10.2 Å². The summed E-state index contributed by atoms with van der Waals surface area (Å²) in [7, 11) is 2.26. The van der Waals surface area contributed by atoms with Gasteiger partial charge in [-0.2, -0.15) is 0 Å². The van der Waals surface area contributed by atoms with Crippen LogP contribution in [0.25, 0.3) is 0 Å². The van der Waals surface area contributed by atoms with Gasteiger partial charge in [-0.1, -0.05) is 26.7 Å². The second-order valence-corrected chi connectivity index (χ2v) is 8.96. The van der Waals surface area contributed by atoms with Gasteiger partial charge in [0, 0.05) is 25.7 Å². The summed E-state index contributed by atoms with van der Waals surface area (Å²) < 4.78 is 1.23. The molecule has 0 bridgehead atoms. The first-order valence-corrected chi connectivity index (χ1v) is 9.31. The van der Waals surface area contributed by atoms with Gasteiger partial charge in [-0.25, -0.2) is 0 Å². The van der Waals surface area contributed by atoms with Gasteiger partial charge in [-0.15, -0.1) is 11.3 Å². The van der Waals surface area contributed by atoms with Crippen LogP contribution in [0.15, 0.2) is 15.2 Å². The molecule has 0 atom stereocenters. The summed E-state index contributed by atoms with van der Waals surface area (Å²) >= 11 is 5.33. The van der Waals surface area contributed by atoms with Crippen LogP contribution in [0.2, 0.25) is 0 Å². The molecular weight excluding hydrogens is 332 g/mol. The molecule has 0 spiro atoms. The number of hydrogen-bond donors (Lipinski definition) is 1. The van der Waals surface area contributed by atoms with Crippen molar-refractivity contribution < 1.29 is 0 Å². The topological polar surface area (TPSA) is 15.3 Å². The second kappa shape index (κ2) is 7.39. The molecule has 1 heterocycles. The van der Waals surface area contributed by atoms with E-state index in [-0.39, 0.29) is 0 Å². The molecular formula is C16H27BrN2S. The zero-order valence-electron chi connectivity index (χ0n) is 12.9. The van der Waals surface area contributed by atoms with Crippen molar-refractivity contribution in [3.8, 4) is 0 Å². The Labute approximate surface area is 136 Å². The van der Waals surface area contributed by atoms with E-state index in [4.69, 9.17) is 0 Å². The molecule has 0 radical (unpaired) electrons. The lowest BCUT2D eigenvalue weighted by Crippen LogP contribution is -2.42. The van der Waals surface area contributed by atoms with Crippen molar-refractivity contribution in [1.82, 2.24) is 10.2 Å². The molecule has 0 aliphatic heterocycles. The second-order valence-electron chi connectivity index (χ2n) is 6.67. The summed E-state index contributed by atoms with van der Waals surface area (Å²) in [4.78, 5) is 2.50. The number of nitrogens with one attached hydrogen (secondary N) is 1. The molecule has 0 aromatic carbocycles. The fraction of sp³-hybridized carbons (Fsp3) is 0.750. The molecule has 2 nitrogen and oxygen atoms in total. The smallest absolute Gasteiger partial charge is 0.0701 e. The summed E-state index contributed by atoms with van der Waals surface area (Å²) in [6.07, 6.45) is 5.56. The van der Waals surface area contributed by atoms with E-state index < -0.39 is 0 Å². The number of thiophene rings is 1. The summed E-state index contributed by atoms with van der Waals surface area (Å²) in [6.45, 7) is 7.93. The van der Waals surface area contributed by atoms with E-state index >= 15 is 0 Å². The zero-order valence-corrected chi connectivity index (χ0v) is 15.3. The fourth-order valence-corrected chi connectivity index (χ4v) is 4.51. The van der Waals surface area contributed by atoms with Crippen LogP contribution >= 0.6 is 27.3 Å². The number of nitrogens with zero attached hydrogens (tertiary/aromatic N) is 1. The summed E-state index contributed by atoms with van der Waals surface area (Å²) in [5.74, 6) is 0. The van der Waals surface area contributed by atoms with Gasteiger partial charge in [-0.3, -0.25) is 0 Å². The minimum Gasteiger partial charge on any atom is -0.314 e. The first-order chi connectivity index (χ1) is 9.49. The van der Waals surface area contributed by atoms with E-state index in [0.29, 0.717) is 11.5 Å². The van der Waals surface area contributed by atoms with Crippen molar-refractivity contribution in [3.63, 3.8) is 0 Å². The van der Waals surface area contributed by atoms with Crippen molar-refractivity contribution in [2.75, 3.05) is 20.1 Å². The molecule has 4 heteroatoms. The summed E-state index contributed by atoms with van der Waals surface area (Å²) in [6, 6.07) is 2.83. The molecule has 114 valence electrons. The highest BCUT2D eigenvalue weighted by Crippen LogP contribution is 2.38. The maximum atomic E-state index is 3.67. The van der Waals surface area contributed by atoms with Crippen LogP contribution in [0.3, 0.4) is 0 Å². The predicted octanol–water partition coefficient (Wildman–Crippen LogP) is 4.50. The van der Waals surface area contributed by atoms with E-state index in [9.17, 15) is 0 Å².